The molecule has 83 heavy (non-hydrogen) atoms. The van der Waals surface area contributed by atoms with E-state index in [0.29, 0.717) is 23.9 Å². The van der Waals surface area contributed by atoms with E-state index in [4.69, 9.17) is 9.05 Å². The zero-order valence-electron chi connectivity index (χ0n) is 55.4. The fourth-order valence-corrected chi connectivity index (χ4v) is 11.2. The maximum absolute atomic E-state index is 13.1. The summed E-state index contributed by atoms with van der Waals surface area (Å²) in [6.07, 6.45) is 90.8. The molecule has 3 atom stereocenters. The van der Waals surface area contributed by atoms with Gasteiger partial charge in [-0.15, -0.1) is 0 Å². The minimum atomic E-state index is -4.58. The van der Waals surface area contributed by atoms with E-state index in [9.17, 15) is 19.4 Å². The number of likely N-dealkylation sites (N-methyl/N-ethyl adjacent to an activating group) is 1. The maximum Gasteiger partial charge on any atom is 0.268 e. The Balaban J connectivity index is 3.99. The van der Waals surface area contributed by atoms with E-state index >= 15 is 0 Å². The Morgan fingerprint density at radius 3 is 1.07 bits per heavy atom. The van der Waals surface area contributed by atoms with Crippen LogP contribution in [0.4, 0.5) is 0 Å². The number of hydrogen-bond acceptors (Lipinski definition) is 6. The molecule has 8 nitrogen and oxygen atoms in total. The summed E-state index contributed by atoms with van der Waals surface area (Å²) >= 11 is 0. The molecule has 9 heteroatoms. The number of nitrogens with one attached hydrogen (secondary N) is 1. The van der Waals surface area contributed by atoms with Gasteiger partial charge in [-0.25, -0.2) is 0 Å². The average molecular weight is 1180 g/mol. The second-order valence-corrected chi connectivity index (χ2v) is 26.6. The predicted octanol–water partition coefficient (Wildman–Crippen LogP) is 22.1. The predicted molar refractivity (Wildman–Crippen MR) is 362 cm³/mol. The van der Waals surface area contributed by atoms with E-state index in [2.05, 4.69) is 104 Å². The molecule has 0 aliphatic rings. The summed E-state index contributed by atoms with van der Waals surface area (Å²) in [7, 11) is 1.31. The lowest BCUT2D eigenvalue weighted by atomic mass is 10.0. The Bertz CT molecular complexity index is 1630. The van der Waals surface area contributed by atoms with Crippen LogP contribution >= 0.6 is 7.82 Å². The van der Waals surface area contributed by atoms with Gasteiger partial charge in [-0.1, -0.05) is 336 Å². The first-order valence-corrected chi connectivity index (χ1v) is 36.9. The number of unbranched alkanes of at least 4 members (excludes halogenated alkanes) is 38. The van der Waals surface area contributed by atoms with E-state index in [1.165, 1.54) is 218 Å². The van der Waals surface area contributed by atoms with Crippen molar-refractivity contribution in [3.63, 3.8) is 0 Å². The molecule has 0 bridgehead atoms. The van der Waals surface area contributed by atoms with Gasteiger partial charge in [-0.3, -0.25) is 9.36 Å². The number of allylic oxidation sites excluding steroid dienone is 14. The van der Waals surface area contributed by atoms with E-state index in [1.807, 2.05) is 21.1 Å². The lowest BCUT2D eigenvalue weighted by Crippen LogP contribution is -2.46. The largest absolute Gasteiger partial charge is 0.756 e. The Morgan fingerprint density at radius 2 is 0.735 bits per heavy atom. The van der Waals surface area contributed by atoms with Crippen molar-refractivity contribution in [2.45, 2.75) is 341 Å². The molecule has 0 fully saturated rings. The molecule has 0 aromatic heterocycles. The quantitative estimate of drug-likeness (QED) is 0.0272. The van der Waals surface area contributed by atoms with Gasteiger partial charge in [0, 0.05) is 6.42 Å². The van der Waals surface area contributed by atoms with Gasteiger partial charge in [0.25, 0.3) is 7.82 Å². The van der Waals surface area contributed by atoms with Gasteiger partial charge >= 0.3 is 0 Å². The number of phosphoric acid groups is 1. The third kappa shape index (κ3) is 67.1. The number of rotatable bonds is 65. The molecule has 0 rings (SSSR count). The maximum atomic E-state index is 13.1. The van der Waals surface area contributed by atoms with Crippen LogP contribution in [0.5, 0.6) is 0 Å². The smallest absolute Gasteiger partial charge is 0.268 e. The van der Waals surface area contributed by atoms with Gasteiger partial charge in [-0.05, 0) is 70.6 Å². The summed E-state index contributed by atoms with van der Waals surface area (Å²) in [5.74, 6) is -0.161. The number of carbonyl (C=O) groups excluding carboxylic acids is 1. The van der Waals surface area contributed by atoms with Gasteiger partial charge in [-0.2, -0.15) is 0 Å². The molecule has 1 amide bonds. The van der Waals surface area contributed by atoms with Crippen molar-refractivity contribution in [3.05, 3.63) is 85.1 Å². The molecule has 2 N–H and O–H groups in total. The van der Waals surface area contributed by atoms with Crippen LogP contribution in [0.25, 0.3) is 0 Å². The topological polar surface area (TPSA) is 108 Å². The number of hydrogen-bond donors (Lipinski definition) is 2. The molecule has 0 saturated carbocycles. The number of amides is 1. The summed E-state index contributed by atoms with van der Waals surface area (Å²) in [5.41, 5.74) is 0. The van der Waals surface area contributed by atoms with Gasteiger partial charge in [0.2, 0.25) is 5.91 Å². The second-order valence-electron chi connectivity index (χ2n) is 25.2. The fraction of sp³-hybridized carbons (Fsp3) is 0.797. The van der Waals surface area contributed by atoms with Gasteiger partial charge in [0.1, 0.15) is 13.2 Å². The lowest BCUT2D eigenvalue weighted by Gasteiger charge is -2.30. The zero-order valence-corrected chi connectivity index (χ0v) is 56.3. The number of aliphatic hydroxyl groups excluding tert-OH is 1. The highest BCUT2D eigenvalue weighted by Gasteiger charge is 2.24. The highest BCUT2D eigenvalue weighted by molar-refractivity contribution is 7.45. The first kappa shape index (κ1) is 80.7. The van der Waals surface area contributed by atoms with Crippen LogP contribution in [-0.2, 0) is 18.4 Å². The Kier molecular flexibility index (Phi) is 62.4. The molecule has 3 unspecified atom stereocenters. The summed E-state index contributed by atoms with van der Waals surface area (Å²) in [6, 6.07) is -0.804. The molecule has 0 aliphatic carbocycles. The Morgan fingerprint density at radius 1 is 0.434 bits per heavy atom. The molecule has 484 valence electrons. The van der Waals surface area contributed by atoms with Crippen molar-refractivity contribution in [3.8, 4) is 0 Å². The normalized spacial score (nSPS) is 14.2. The molecule has 0 spiro atoms. The Labute approximate surface area is 516 Å². The van der Waals surface area contributed by atoms with Crippen LogP contribution in [0.2, 0.25) is 0 Å². The number of aliphatic hydroxyl groups is 1. The third-order valence-electron chi connectivity index (χ3n) is 15.9. The average Bonchev–Trinajstić information content (AvgIpc) is 3.50. The van der Waals surface area contributed by atoms with Crippen LogP contribution in [0.1, 0.15) is 328 Å². The molecule has 0 radical (unpaired) electrons. The zero-order chi connectivity index (χ0) is 60.5. The minimum absolute atomic E-state index is 0.0116. The van der Waals surface area contributed by atoms with Gasteiger partial charge in [0.05, 0.1) is 39.9 Å². The van der Waals surface area contributed by atoms with Crippen molar-refractivity contribution in [1.82, 2.24) is 5.32 Å². The van der Waals surface area contributed by atoms with Crippen LogP contribution in [0.15, 0.2) is 85.1 Å². The van der Waals surface area contributed by atoms with Crippen molar-refractivity contribution in [1.29, 1.82) is 0 Å². The molecule has 0 aromatic rings. The third-order valence-corrected chi connectivity index (χ3v) is 16.9. The highest BCUT2D eigenvalue weighted by atomic mass is 31.2. The van der Waals surface area contributed by atoms with Crippen molar-refractivity contribution in [2.24, 2.45) is 0 Å². The second kappa shape index (κ2) is 64.2. The standard InChI is InChI=1S/C74H137N2O6P/c1-6-8-10-12-14-16-18-20-22-24-26-28-30-31-32-33-34-35-36-37-38-39-40-41-42-43-44-45-46-48-50-52-54-56-58-60-62-64-66-68-74(78)75-72(71-82-83(79,80)81-70-69-76(3,4)5)73(77)67-65-63-61-59-57-55-53-51-49-47-29-27-25-23-21-19-17-15-13-11-9-7-2/h8,10,14,16,20,22,26,28,31-32,34-35,37-38,72-73,77H,6-7,9,11-13,15,17-19,21,23-25,27,29-30,33,36,39-71H2,1-5H3,(H-,75,78,79,80)/b10-8-,16-14-,22-20-,28-26-,32-31-,35-34-,38-37-. The number of quaternary nitrogens is 1. The first-order valence-electron chi connectivity index (χ1n) is 35.4. The summed E-state index contributed by atoms with van der Waals surface area (Å²) in [5, 5.41) is 14.1. The summed E-state index contributed by atoms with van der Waals surface area (Å²) in [6.45, 7) is 4.65. The summed E-state index contributed by atoms with van der Waals surface area (Å²) in [4.78, 5) is 25.7. The van der Waals surface area contributed by atoms with E-state index in [0.717, 1.165) is 83.5 Å². The van der Waals surface area contributed by atoms with Gasteiger partial charge < -0.3 is 28.8 Å². The minimum Gasteiger partial charge on any atom is -0.756 e. The molecular formula is C74H137N2O6P. The first-order chi connectivity index (χ1) is 40.5. The van der Waals surface area contributed by atoms with E-state index in [1.54, 1.807) is 0 Å². The SMILES string of the molecule is CC/C=C\C/C=C\C/C=C\C/C=C\C/C=C\C/C=C\C/C=C\CCCCCCCCCCCCCCCCCCCC(=O)NC(COP(=O)([O-])OCC[N+](C)(C)C)C(O)CCCCCCCCCCCCCCCCCCCCCCCC. The Hall–Kier alpha value is -2.32. The number of nitrogens with zero attached hydrogens (tertiary/aromatic N) is 1. The van der Waals surface area contributed by atoms with Crippen LogP contribution in [0, 0.1) is 0 Å². The van der Waals surface area contributed by atoms with Crippen LogP contribution < -0.4 is 10.2 Å². The van der Waals surface area contributed by atoms with Crippen molar-refractivity contribution < 1.29 is 32.9 Å². The number of carbonyl (C=O) groups is 1. The fourth-order valence-electron chi connectivity index (χ4n) is 10.4. The van der Waals surface area contributed by atoms with Crippen LogP contribution in [-0.4, -0.2) is 68.5 Å². The molecular weight excluding hydrogens is 1040 g/mol. The van der Waals surface area contributed by atoms with Crippen molar-refractivity contribution in [2.75, 3.05) is 40.9 Å². The summed E-state index contributed by atoms with van der Waals surface area (Å²) < 4.78 is 23.5. The monoisotopic (exact) mass is 1180 g/mol. The molecule has 0 saturated heterocycles. The molecule has 0 aliphatic heterocycles. The molecule has 0 aromatic carbocycles. The lowest BCUT2D eigenvalue weighted by molar-refractivity contribution is -0.870. The molecule has 0 heterocycles. The highest BCUT2D eigenvalue weighted by Crippen LogP contribution is 2.38. The number of phosphoric ester groups is 1. The van der Waals surface area contributed by atoms with E-state index in [-0.39, 0.29) is 19.1 Å². The van der Waals surface area contributed by atoms with Crippen LogP contribution in [0.3, 0.4) is 0 Å². The van der Waals surface area contributed by atoms with Crippen molar-refractivity contribution >= 4 is 13.7 Å². The van der Waals surface area contributed by atoms with Gasteiger partial charge in [0.15, 0.2) is 0 Å². The van der Waals surface area contributed by atoms with E-state index < -0.39 is 20.0 Å².